The molecule has 0 bridgehead atoms. The fourth-order valence-electron chi connectivity index (χ4n) is 1.59. The summed E-state index contributed by atoms with van der Waals surface area (Å²) in [5.41, 5.74) is 0. The predicted octanol–water partition coefficient (Wildman–Crippen LogP) is -1.14. The molecule has 0 atom stereocenters. The summed E-state index contributed by atoms with van der Waals surface area (Å²) >= 11 is 0. The average molecular weight is 227 g/mol. The standard InChI is InChI=1S/C10H17N3O3/c14-8-11-4-3-5-12-9(15)10(16)13-6-1-2-7-13/h8H,1-7H2,(H,11,14)(H,12,15). The Labute approximate surface area is 94.4 Å². The van der Waals surface area contributed by atoms with Crippen molar-refractivity contribution >= 4 is 18.2 Å². The van der Waals surface area contributed by atoms with E-state index in [-0.39, 0.29) is 0 Å². The Morgan fingerprint density at radius 3 is 2.50 bits per heavy atom. The zero-order valence-electron chi connectivity index (χ0n) is 9.20. The van der Waals surface area contributed by atoms with Crippen LogP contribution in [0.25, 0.3) is 0 Å². The number of amides is 3. The van der Waals surface area contributed by atoms with Crippen molar-refractivity contribution in [3.8, 4) is 0 Å². The molecule has 6 nitrogen and oxygen atoms in total. The van der Waals surface area contributed by atoms with Crippen molar-refractivity contribution in [1.29, 1.82) is 0 Å². The summed E-state index contributed by atoms with van der Waals surface area (Å²) in [6.07, 6.45) is 3.18. The van der Waals surface area contributed by atoms with Crippen LogP contribution in [0.1, 0.15) is 19.3 Å². The Hall–Kier alpha value is -1.59. The fraction of sp³-hybridized carbons (Fsp3) is 0.700. The zero-order chi connectivity index (χ0) is 11.8. The third-order valence-electron chi connectivity index (χ3n) is 2.45. The number of rotatable bonds is 5. The van der Waals surface area contributed by atoms with Crippen LogP contribution in [-0.2, 0) is 14.4 Å². The molecule has 1 aliphatic rings. The lowest BCUT2D eigenvalue weighted by Gasteiger charge is -2.14. The van der Waals surface area contributed by atoms with E-state index in [9.17, 15) is 14.4 Å². The summed E-state index contributed by atoms with van der Waals surface area (Å²) in [5, 5.41) is 5.01. The molecule has 3 amide bonds. The first kappa shape index (κ1) is 12.5. The quantitative estimate of drug-likeness (QED) is 0.354. The number of hydrogen-bond donors (Lipinski definition) is 2. The van der Waals surface area contributed by atoms with E-state index in [0.29, 0.717) is 39.0 Å². The molecule has 1 rings (SSSR count). The van der Waals surface area contributed by atoms with Crippen molar-refractivity contribution in [2.24, 2.45) is 0 Å². The Morgan fingerprint density at radius 2 is 1.88 bits per heavy atom. The SMILES string of the molecule is O=CNCCCNC(=O)C(=O)N1CCCC1. The lowest BCUT2D eigenvalue weighted by Crippen LogP contribution is -2.42. The maximum atomic E-state index is 11.5. The second-order valence-electron chi connectivity index (χ2n) is 3.68. The minimum atomic E-state index is -0.548. The second-order valence-corrected chi connectivity index (χ2v) is 3.68. The normalized spacial score (nSPS) is 14.6. The van der Waals surface area contributed by atoms with Gasteiger partial charge in [-0.1, -0.05) is 0 Å². The molecule has 0 saturated carbocycles. The van der Waals surface area contributed by atoms with Crippen LogP contribution < -0.4 is 10.6 Å². The van der Waals surface area contributed by atoms with E-state index in [1.807, 2.05) is 0 Å². The highest BCUT2D eigenvalue weighted by Crippen LogP contribution is 2.06. The van der Waals surface area contributed by atoms with Gasteiger partial charge in [0, 0.05) is 26.2 Å². The van der Waals surface area contributed by atoms with E-state index in [0.717, 1.165) is 12.8 Å². The first-order chi connectivity index (χ1) is 7.75. The minimum Gasteiger partial charge on any atom is -0.359 e. The summed E-state index contributed by atoms with van der Waals surface area (Å²) in [6.45, 7) is 2.26. The lowest BCUT2D eigenvalue weighted by molar-refractivity contribution is -0.145. The molecule has 2 N–H and O–H groups in total. The van der Waals surface area contributed by atoms with Crippen LogP contribution in [0.15, 0.2) is 0 Å². The Kier molecular flexibility index (Phi) is 5.31. The molecule has 0 unspecified atom stereocenters. The predicted molar refractivity (Wildman–Crippen MR) is 57.5 cm³/mol. The largest absolute Gasteiger partial charge is 0.359 e. The van der Waals surface area contributed by atoms with Crippen molar-refractivity contribution in [3.63, 3.8) is 0 Å². The van der Waals surface area contributed by atoms with Crippen molar-refractivity contribution in [2.45, 2.75) is 19.3 Å². The maximum Gasteiger partial charge on any atom is 0.311 e. The molecule has 1 aliphatic heterocycles. The highest BCUT2D eigenvalue weighted by molar-refractivity contribution is 6.35. The van der Waals surface area contributed by atoms with E-state index in [2.05, 4.69) is 10.6 Å². The maximum absolute atomic E-state index is 11.5. The number of nitrogens with zero attached hydrogens (tertiary/aromatic N) is 1. The third-order valence-corrected chi connectivity index (χ3v) is 2.45. The van der Waals surface area contributed by atoms with Gasteiger partial charge in [0.05, 0.1) is 0 Å². The highest BCUT2D eigenvalue weighted by atomic mass is 16.2. The molecular formula is C10H17N3O3. The van der Waals surface area contributed by atoms with Crippen LogP contribution in [0.4, 0.5) is 0 Å². The third kappa shape index (κ3) is 3.88. The molecule has 0 aromatic carbocycles. The second kappa shape index (κ2) is 6.81. The molecule has 1 saturated heterocycles. The van der Waals surface area contributed by atoms with Gasteiger partial charge in [-0.2, -0.15) is 0 Å². The van der Waals surface area contributed by atoms with Gasteiger partial charge in [0.15, 0.2) is 0 Å². The smallest absolute Gasteiger partial charge is 0.311 e. The van der Waals surface area contributed by atoms with Crippen molar-refractivity contribution < 1.29 is 14.4 Å². The van der Waals surface area contributed by atoms with Crippen LogP contribution in [0, 0.1) is 0 Å². The summed E-state index contributed by atoms with van der Waals surface area (Å²) < 4.78 is 0. The molecule has 6 heteroatoms. The Morgan fingerprint density at radius 1 is 1.19 bits per heavy atom. The van der Waals surface area contributed by atoms with Crippen LogP contribution in [-0.4, -0.2) is 49.3 Å². The van der Waals surface area contributed by atoms with Gasteiger partial charge in [-0.25, -0.2) is 0 Å². The molecule has 0 aliphatic carbocycles. The van der Waals surface area contributed by atoms with Crippen LogP contribution in [0.5, 0.6) is 0 Å². The monoisotopic (exact) mass is 227 g/mol. The first-order valence-corrected chi connectivity index (χ1v) is 5.50. The van der Waals surface area contributed by atoms with Gasteiger partial charge in [0.1, 0.15) is 0 Å². The highest BCUT2D eigenvalue weighted by Gasteiger charge is 2.23. The molecule has 0 aromatic heterocycles. The number of carbonyl (C=O) groups is 3. The minimum absolute atomic E-state index is 0.402. The van der Waals surface area contributed by atoms with E-state index in [4.69, 9.17) is 0 Å². The average Bonchev–Trinajstić information content (AvgIpc) is 2.81. The molecule has 16 heavy (non-hydrogen) atoms. The zero-order valence-corrected chi connectivity index (χ0v) is 9.20. The van der Waals surface area contributed by atoms with Gasteiger partial charge in [-0.3, -0.25) is 14.4 Å². The van der Waals surface area contributed by atoms with Crippen LogP contribution in [0.2, 0.25) is 0 Å². The number of nitrogens with one attached hydrogen (secondary N) is 2. The van der Waals surface area contributed by atoms with E-state index in [1.165, 1.54) is 0 Å². The van der Waals surface area contributed by atoms with E-state index >= 15 is 0 Å². The number of carbonyl (C=O) groups excluding carboxylic acids is 3. The van der Waals surface area contributed by atoms with Gasteiger partial charge in [0.2, 0.25) is 6.41 Å². The van der Waals surface area contributed by atoms with Gasteiger partial charge in [-0.15, -0.1) is 0 Å². The Balaban J connectivity index is 2.13. The topological polar surface area (TPSA) is 78.5 Å². The number of hydrogen-bond acceptors (Lipinski definition) is 3. The van der Waals surface area contributed by atoms with E-state index < -0.39 is 11.8 Å². The van der Waals surface area contributed by atoms with Crippen molar-refractivity contribution in [2.75, 3.05) is 26.2 Å². The van der Waals surface area contributed by atoms with E-state index in [1.54, 1.807) is 4.90 Å². The molecule has 0 radical (unpaired) electrons. The fourth-order valence-corrected chi connectivity index (χ4v) is 1.59. The number of likely N-dealkylation sites (tertiary alicyclic amines) is 1. The summed E-state index contributed by atoms with van der Waals surface area (Å²) in [7, 11) is 0. The summed E-state index contributed by atoms with van der Waals surface area (Å²) in [4.78, 5) is 34.4. The van der Waals surface area contributed by atoms with Gasteiger partial charge in [0.25, 0.3) is 0 Å². The van der Waals surface area contributed by atoms with Crippen molar-refractivity contribution in [3.05, 3.63) is 0 Å². The van der Waals surface area contributed by atoms with Crippen LogP contribution in [0.3, 0.4) is 0 Å². The molecule has 90 valence electrons. The van der Waals surface area contributed by atoms with Crippen molar-refractivity contribution in [1.82, 2.24) is 15.5 Å². The first-order valence-electron chi connectivity index (χ1n) is 5.50. The van der Waals surface area contributed by atoms with Gasteiger partial charge < -0.3 is 15.5 Å². The van der Waals surface area contributed by atoms with Crippen LogP contribution >= 0.6 is 0 Å². The Bertz CT molecular complexity index is 262. The summed E-state index contributed by atoms with van der Waals surface area (Å²) in [6, 6.07) is 0. The summed E-state index contributed by atoms with van der Waals surface area (Å²) in [5.74, 6) is -0.992. The molecular weight excluding hydrogens is 210 g/mol. The lowest BCUT2D eigenvalue weighted by atomic mass is 10.4. The molecule has 0 aromatic rings. The molecule has 1 heterocycles. The van der Waals surface area contributed by atoms with Gasteiger partial charge in [-0.05, 0) is 19.3 Å². The molecule has 1 fully saturated rings. The molecule has 0 spiro atoms. The van der Waals surface area contributed by atoms with Gasteiger partial charge >= 0.3 is 11.8 Å².